The van der Waals surface area contributed by atoms with Crippen molar-refractivity contribution < 1.29 is 80.2 Å². The van der Waals surface area contributed by atoms with Gasteiger partial charge >= 0.3 is 39.5 Å². The fourth-order valence-electron chi connectivity index (χ4n) is 11.8. The molecule has 0 aliphatic carbocycles. The molecule has 17 nitrogen and oxygen atoms in total. The fraction of sp³-hybridized carbons (Fsp3) is 0.948. The van der Waals surface area contributed by atoms with E-state index < -0.39 is 97.5 Å². The number of carbonyl (C=O) groups is 4. The van der Waals surface area contributed by atoms with Gasteiger partial charge in [-0.05, 0) is 43.4 Å². The average Bonchev–Trinajstić information content (AvgIpc) is 1.69. The van der Waals surface area contributed by atoms with E-state index in [1.54, 1.807) is 0 Å². The largest absolute Gasteiger partial charge is 0.472 e. The molecule has 0 amide bonds. The predicted octanol–water partition coefficient (Wildman–Crippen LogP) is 22.6. The maximum absolute atomic E-state index is 13.1. The second kappa shape index (κ2) is 67.5. The van der Waals surface area contributed by atoms with Crippen LogP contribution in [0.15, 0.2) is 0 Å². The summed E-state index contributed by atoms with van der Waals surface area (Å²) in [6.07, 6.45) is 54.3. The summed E-state index contributed by atoms with van der Waals surface area (Å²) in [5.41, 5.74) is 0. The number of hydrogen-bond donors (Lipinski definition) is 3. The van der Waals surface area contributed by atoms with Crippen molar-refractivity contribution in [1.82, 2.24) is 0 Å². The monoisotopic (exact) mass is 1410 g/mol. The summed E-state index contributed by atoms with van der Waals surface area (Å²) in [6, 6.07) is 0. The van der Waals surface area contributed by atoms with Gasteiger partial charge in [-0.15, -0.1) is 0 Å². The van der Waals surface area contributed by atoms with Gasteiger partial charge < -0.3 is 33.8 Å². The normalized spacial score (nSPS) is 14.1. The number of aliphatic hydroxyl groups is 1. The Kier molecular flexibility index (Phi) is 66.2. The molecule has 570 valence electrons. The summed E-state index contributed by atoms with van der Waals surface area (Å²) in [4.78, 5) is 72.7. The Morgan fingerprint density at radius 1 is 0.281 bits per heavy atom. The highest BCUT2D eigenvalue weighted by atomic mass is 31.2. The lowest BCUT2D eigenvalue weighted by Crippen LogP contribution is -2.30. The van der Waals surface area contributed by atoms with E-state index in [1.165, 1.54) is 193 Å². The maximum Gasteiger partial charge on any atom is 0.472 e. The second-order valence-electron chi connectivity index (χ2n) is 29.2. The van der Waals surface area contributed by atoms with Crippen LogP contribution in [0.3, 0.4) is 0 Å². The molecule has 0 saturated carbocycles. The van der Waals surface area contributed by atoms with Gasteiger partial charge in [0, 0.05) is 25.7 Å². The number of esters is 4. The standard InChI is InChI=1S/C77H150O17P2/c1-8-9-10-11-34-44-51-58-74(79)87-64-72(93-77(82)61-54-47-40-33-27-21-24-30-37-43-50-57-70(6)7)66-91-95(83,84)89-62-71(78)63-90-96(85,86)92-67-73(65-88-75(80)59-52-45-38-31-26-20-23-29-36-42-49-56-69(4)5)94-76(81)60-53-46-39-32-25-19-17-15-13-12-14-16-18-22-28-35-41-48-55-68(2)3/h68-73,78H,8-67H2,1-7H3,(H,83,84)(H,85,86)/t71-,72+,73+/m0/s1. The number of ether oxygens (including phenoxy) is 4. The Morgan fingerprint density at radius 3 is 0.708 bits per heavy atom. The third kappa shape index (κ3) is 70.5. The molecular formula is C77H150O17P2. The zero-order valence-electron chi connectivity index (χ0n) is 62.8. The summed E-state index contributed by atoms with van der Waals surface area (Å²) in [5, 5.41) is 10.6. The van der Waals surface area contributed by atoms with Crippen molar-refractivity contribution >= 4 is 39.5 Å². The Balaban J connectivity index is 5.17. The van der Waals surface area contributed by atoms with Crippen molar-refractivity contribution in [3.8, 4) is 0 Å². The van der Waals surface area contributed by atoms with Gasteiger partial charge in [-0.25, -0.2) is 9.13 Å². The van der Waals surface area contributed by atoms with Crippen LogP contribution >= 0.6 is 15.6 Å². The van der Waals surface area contributed by atoms with Gasteiger partial charge in [0.05, 0.1) is 26.4 Å². The quantitative estimate of drug-likeness (QED) is 0.0222. The number of carbonyl (C=O) groups excluding carboxylic acids is 4. The summed E-state index contributed by atoms with van der Waals surface area (Å²) >= 11 is 0. The molecule has 19 heteroatoms. The van der Waals surface area contributed by atoms with Crippen molar-refractivity contribution in [3.63, 3.8) is 0 Å². The van der Waals surface area contributed by atoms with Crippen molar-refractivity contribution in [2.24, 2.45) is 17.8 Å². The van der Waals surface area contributed by atoms with Gasteiger partial charge in [-0.3, -0.25) is 37.3 Å². The Hall–Kier alpha value is -1.94. The highest BCUT2D eigenvalue weighted by Gasteiger charge is 2.30. The molecule has 0 fully saturated rings. The van der Waals surface area contributed by atoms with Crippen LogP contribution in [0.5, 0.6) is 0 Å². The molecule has 0 aromatic carbocycles. The molecule has 2 unspecified atom stereocenters. The number of phosphoric acid groups is 2. The molecule has 0 rings (SSSR count). The zero-order chi connectivity index (χ0) is 70.9. The predicted molar refractivity (Wildman–Crippen MR) is 391 cm³/mol. The minimum Gasteiger partial charge on any atom is -0.462 e. The van der Waals surface area contributed by atoms with E-state index in [0.717, 1.165) is 120 Å². The lowest BCUT2D eigenvalue weighted by Gasteiger charge is -2.21. The summed E-state index contributed by atoms with van der Waals surface area (Å²) in [7, 11) is -9.91. The molecular weight excluding hydrogens is 1260 g/mol. The van der Waals surface area contributed by atoms with Crippen molar-refractivity contribution in [3.05, 3.63) is 0 Å². The smallest absolute Gasteiger partial charge is 0.462 e. The highest BCUT2D eigenvalue weighted by molar-refractivity contribution is 7.47. The molecule has 0 heterocycles. The number of unbranched alkanes of at least 4 members (excludes halogenated alkanes) is 43. The maximum atomic E-state index is 13.1. The SMILES string of the molecule is CCCCCCCCCC(=O)OC[C@H](COP(=O)(O)OC[C@H](O)COP(=O)(O)OC[C@@H](COC(=O)CCCCCCCCCCCCCC(C)C)OC(=O)CCCCCCCCCCCCCCCCCCCCC(C)C)OC(=O)CCCCCCCCCCCCCC(C)C. The molecule has 0 aliphatic heterocycles. The van der Waals surface area contributed by atoms with Crippen molar-refractivity contribution in [1.29, 1.82) is 0 Å². The summed E-state index contributed by atoms with van der Waals surface area (Å²) in [6.45, 7) is 11.9. The molecule has 0 aromatic rings. The van der Waals surface area contributed by atoms with E-state index in [0.29, 0.717) is 25.7 Å². The van der Waals surface area contributed by atoms with Gasteiger partial charge in [0.25, 0.3) is 0 Å². The van der Waals surface area contributed by atoms with Crippen LogP contribution in [-0.4, -0.2) is 96.7 Å². The van der Waals surface area contributed by atoms with Crippen LogP contribution in [0.2, 0.25) is 0 Å². The lowest BCUT2D eigenvalue weighted by molar-refractivity contribution is -0.161. The highest BCUT2D eigenvalue weighted by Crippen LogP contribution is 2.45. The Labute approximate surface area is 588 Å². The third-order valence-corrected chi connectivity index (χ3v) is 19.8. The summed E-state index contributed by atoms with van der Waals surface area (Å²) in [5.74, 6) is 0.236. The average molecular weight is 1410 g/mol. The van der Waals surface area contributed by atoms with Crippen molar-refractivity contribution in [2.45, 2.75) is 414 Å². The minimum absolute atomic E-state index is 0.106. The van der Waals surface area contributed by atoms with Crippen LogP contribution < -0.4 is 0 Å². The molecule has 0 aromatic heterocycles. The van der Waals surface area contributed by atoms with Gasteiger partial charge in [0.1, 0.15) is 19.3 Å². The van der Waals surface area contributed by atoms with Gasteiger partial charge in [-0.1, -0.05) is 344 Å². The molecule has 5 atom stereocenters. The molecule has 96 heavy (non-hydrogen) atoms. The van der Waals surface area contributed by atoms with Crippen LogP contribution in [0.1, 0.15) is 395 Å². The second-order valence-corrected chi connectivity index (χ2v) is 32.1. The minimum atomic E-state index is -4.96. The van der Waals surface area contributed by atoms with Gasteiger partial charge in [-0.2, -0.15) is 0 Å². The number of aliphatic hydroxyl groups excluding tert-OH is 1. The Morgan fingerprint density at radius 2 is 0.479 bits per heavy atom. The number of hydrogen-bond acceptors (Lipinski definition) is 15. The van der Waals surface area contributed by atoms with Crippen LogP contribution in [0.25, 0.3) is 0 Å². The zero-order valence-corrected chi connectivity index (χ0v) is 64.6. The first-order valence-electron chi connectivity index (χ1n) is 39.8. The molecule has 0 spiro atoms. The number of phosphoric ester groups is 2. The summed E-state index contributed by atoms with van der Waals surface area (Å²) < 4.78 is 68.4. The van der Waals surface area contributed by atoms with E-state index in [9.17, 15) is 43.2 Å². The van der Waals surface area contributed by atoms with Gasteiger partial charge in [0.15, 0.2) is 12.2 Å². The number of rotatable bonds is 75. The van der Waals surface area contributed by atoms with E-state index in [-0.39, 0.29) is 25.7 Å². The first-order valence-corrected chi connectivity index (χ1v) is 42.8. The lowest BCUT2D eigenvalue weighted by atomic mass is 10.0. The topological polar surface area (TPSA) is 237 Å². The molecule has 0 bridgehead atoms. The van der Waals surface area contributed by atoms with E-state index >= 15 is 0 Å². The van der Waals surface area contributed by atoms with E-state index in [1.807, 2.05) is 0 Å². The first-order chi connectivity index (χ1) is 46.2. The van der Waals surface area contributed by atoms with E-state index in [4.69, 9.17) is 37.0 Å². The molecule has 3 N–H and O–H groups in total. The third-order valence-electron chi connectivity index (χ3n) is 17.9. The fourth-order valence-corrected chi connectivity index (χ4v) is 13.4. The molecule has 0 saturated heterocycles. The van der Waals surface area contributed by atoms with Crippen molar-refractivity contribution in [2.75, 3.05) is 39.6 Å². The van der Waals surface area contributed by atoms with E-state index in [2.05, 4.69) is 48.5 Å². The van der Waals surface area contributed by atoms with Gasteiger partial charge in [0.2, 0.25) is 0 Å². The van der Waals surface area contributed by atoms with Crippen LogP contribution in [-0.2, 0) is 65.4 Å². The molecule has 0 radical (unpaired) electrons. The first kappa shape index (κ1) is 94.1. The van der Waals surface area contributed by atoms with Crippen LogP contribution in [0, 0.1) is 17.8 Å². The van der Waals surface area contributed by atoms with Crippen LogP contribution in [0.4, 0.5) is 0 Å². The molecule has 0 aliphatic rings. The Bertz CT molecular complexity index is 1870.